The Morgan fingerprint density at radius 1 is 1.17 bits per heavy atom. The van der Waals surface area contributed by atoms with Crippen molar-refractivity contribution < 1.29 is 9.53 Å². The summed E-state index contributed by atoms with van der Waals surface area (Å²) in [4.78, 5) is 33.3. The van der Waals surface area contributed by atoms with Crippen molar-refractivity contribution in [3.63, 3.8) is 0 Å². The minimum atomic E-state index is -0.264. The molecular formula is C25H21Cl2N3O3S2. The molecule has 2 aromatic heterocycles. The van der Waals surface area contributed by atoms with Crippen LogP contribution in [0.5, 0.6) is 5.75 Å². The van der Waals surface area contributed by atoms with E-state index in [0.717, 1.165) is 36.1 Å². The molecule has 0 saturated carbocycles. The Kier molecular flexibility index (Phi) is 7.07. The van der Waals surface area contributed by atoms with Gasteiger partial charge in [0, 0.05) is 9.90 Å². The number of aromatic nitrogens is 2. The summed E-state index contributed by atoms with van der Waals surface area (Å²) < 4.78 is 6.87. The van der Waals surface area contributed by atoms with Crippen LogP contribution in [-0.2, 0) is 17.6 Å². The molecule has 0 saturated heterocycles. The van der Waals surface area contributed by atoms with Crippen LogP contribution in [0.1, 0.15) is 23.3 Å². The van der Waals surface area contributed by atoms with Gasteiger partial charge < -0.3 is 10.1 Å². The summed E-state index contributed by atoms with van der Waals surface area (Å²) in [6, 6.07) is 12.1. The lowest BCUT2D eigenvalue weighted by Crippen LogP contribution is -2.23. The SMILES string of the molecule is COc1ccc(-n2c(SCC(=O)Nc3ccc(Cl)cc3Cl)nc3sc4c(c3c2=O)CCCC4)cc1. The number of methoxy groups -OCH3 is 1. The van der Waals surface area contributed by atoms with Crippen LogP contribution >= 0.6 is 46.3 Å². The summed E-state index contributed by atoms with van der Waals surface area (Å²) in [6.45, 7) is 0. The summed E-state index contributed by atoms with van der Waals surface area (Å²) in [5.41, 5.74) is 2.17. The van der Waals surface area contributed by atoms with Crippen LogP contribution in [0.3, 0.4) is 0 Å². The Hall–Kier alpha value is -2.52. The third-order valence-corrected chi connectivity index (χ3v) is 8.50. The molecule has 0 bridgehead atoms. The van der Waals surface area contributed by atoms with E-state index in [2.05, 4.69) is 5.32 Å². The highest BCUT2D eigenvalue weighted by Crippen LogP contribution is 2.35. The van der Waals surface area contributed by atoms with E-state index < -0.39 is 0 Å². The number of rotatable bonds is 6. The van der Waals surface area contributed by atoms with Crippen molar-refractivity contribution in [2.45, 2.75) is 30.8 Å². The second-order valence-electron chi connectivity index (χ2n) is 8.09. The number of carbonyl (C=O) groups excluding carboxylic acids is 1. The number of aryl methyl sites for hydroxylation is 2. The van der Waals surface area contributed by atoms with Crippen molar-refractivity contribution in [3.8, 4) is 11.4 Å². The summed E-state index contributed by atoms with van der Waals surface area (Å²) in [7, 11) is 1.60. The second-order valence-corrected chi connectivity index (χ2v) is 11.0. The van der Waals surface area contributed by atoms with Crippen molar-refractivity contribution in [2.24, 2.45) is 0 Å². The van der Waals surface area contributed by atoms with Gasteiger partial charge in [0.1, 0.15) is 10.6 Å². The molecule has 0 atom stereocenters. The molecule has 2 aromatic carbocycles. The predicted octanol–water partition coefficient (Wildman–Crippen LogP) is 6.37. The Morgan fingerprint density at radius 3 is 2.69 bits per heavy atom. The van der Waals surface area contributed by atoms with Gasteiger partial charge in [-0.1, -0.05) is 35.0 Å². The number of fused-ring (bicyclic) bond motifs is 3. The number of hydrogen-bond donors (Lipinski definition) is 1. The molecule has 1 aliphatic carbocycles. The van der Waals surface area contributed by atoms with Gasteiger partial charge in [0.2, 0.25) is 5.91 Å². The average Bonchev–Trinajstić information content (AvgIpc) is 3.23. The zero-order valence-electron chi connectivity index (χ0n) is 18.8. The number of anilines is 1. The molecule has 5 rings (SSSR count). The van der Waals surface area contributed by atoms with E-state index in [9.17, 15) is 9.59 Å². The molecule has 0 fully saturated rings. The first kappa shape index (κ1) is 24.2. The van der Waals surface area contributed by atoms with Crippen LogP contribution < -0.4 is 15.6 Å². The molecule has 1 N–H and O–H groups in total. The largest absolute Gasteiger partial charge is 0.497 e. The van der Waals surface area contributed by atoms with Crippen LogP contribution in [0, 0.1) is 0 Å². The Labute approximate surface area is 220 Å². The van der Waals surface area contributed by atoms with Gasteiger partial charge in [-0.3, -0.25) is 14.2 Å². The van der Waals surface area contributed by atoms with Gasteiger partial charge in [0.15, 0.2) is 5.16 Å². The zero-order chi connectivity index (χ0) is 24.5. The van der Waals surface area contributed by atoms with Gasteiger partial charge in [-0.25, -0.2) is 4.98 Å². The number of carbonyl (C=O) groups is 1. The van der Waals surface area contributed by atoms with Crippen LogP contribution in [-0.4, -0.2) is 28.3 Å². The molecule has 35 heavy (non-hydrogen) atoms. The first-order valence-electron chi connectivity index (χ1n) is 11.0. The molecule has 180 valence electrons. The fraction of sp³-hybridized carbons (Fsp3) is 0.240. The third kappa shape index (κ3) is 4.93. The van der Waals surface area contributed by atoms with Crippen LogP contribution in [0.4, 0.5) is 5.69 Å². The zero-order valence-corrected chi connectivity index (χ0v) is 21.9. The maximum atomic E-state index is 13.8. The number of amides is 1. The second kappa shape index (κ2) is 10.2. The maximum Gasteiger partial charge on any atom is 0.267 e. The lowest BCUT2D eigenvalue weighted by Gasteiger charge is -2.14. The van der Waals surface area contributed by atoms with Crippen molar-refractivity contribution in [3.05, 3.63) is 73.3 Å². The van der Waals surface area contributed by atoms with Gasteiger partial charge in [-0.2, -0.15) is 0 Å². The number of hydrogen-bond acceptors (Lipinski definition) is 6. The monoisotopic (exact) mass is 545 g/mol. The fourth-order valence-electron chi connectivity index (χ4n) is 4.15. The lowest BCUT2D eigenvalue weighted by atomic mass is 9.97. The number of benzene rings is 2. The van der Waals surface area contributed by atoms with Crippen LogP contribution in [0.2, 0.25) is 10.0 Å². The third-order valence-electron chi connectivity index (χ3n) is 5.83. The normalized spacial score (nSPS) is 13.0. The maximum absolute atomic E-state index is 13.8. The molecule has 0 unspecified atom stereocenters. The molecule has 10 heteroatoms. The Balaban J connectivity index is 1.51. The van der Waals surface area contributed by atoms with Gasteiger partial charge in [0.05, 0.1) is 34.6 Å². The highest BCUT2D eigenvalue weighted by atomic mass is 35.5. The summed E-state index contributed by atoms with van der Waals surface area (Å²) in [6.07, 6.45) is 4.07. The van der Waals surface area contributed by atoms with E-state index in [4.69, 9.17) is 32.9 Å². The van der Waals surface area contributed by atoms with E-state index in [-0.39, 0.29) is 17.2 Å². The predicted molar refractivity (Wildman–Crippen MR) is 144 cm³/mol. The van der Waals surface area contributed by atoms with Crippen molar-refractivity contribution in [1.29, 1.82) is 0 Å². The number of halogens is 2. The molecule has 1 amide bonds. The van der Waals surface area contributed by atoms with Gasteiger partial charge in [-0.15, -0.1) is 11.3 Å². The van der Waals surface area contributed by atoms with E-state index >= 15 is 0 Å². The lowest BCUT2D eigenvalue weighted by molar-refractivity contribution is -0.113. The van der Waals surface area contributed by atoms with Gasteiger partial charge in [0.25, 0.3) is 5.56 Å². The first-order chi connectivity index (χ1) is 16.9. The van der Waals surface area contributed by atoms with E-state index in [0.29, 0.717) is 37.7 Å². The Bertz CT molecular complexity index is 1480. The molecular weight excluding hydrogens is 525 g/mol. The van der Waals surface area contributed by atoms with E-state index in [1.54, 1.807) is 53.3 Å². The molecule has 0 spiro atoms. The smallest absolute Gasteiger partial charge is 0.267 e. The fourth-order valence-corrected chi connectivity index (χ4v) is 6.72. The van der Waals surface area contributed by atoms with Crippen molar-refractivity contribution in [1.82, 2.24) is 9.55 Å². The topological polar surface area (TPSA) is 73.2 Å². The van der Waals surface area contributed by atoms with E-state index in [1.165, 1.54) is 16.6 Å². The van der Waals surface area contributed by atoms with Crippen LogP contribution in [0.25, 0.3) is 15.9 Å². The number of thioether (sulfide) groups is 1. The molecule has 0 aliphatic heterocycles. The number of ether oxygens (including phenoxy) is 1. The minimum Gasteiger partial charge on any atom is -0.497 e. The number of nitrogens with one attached hydrogen (secondary N) is 1. The van der Waals surface area contributed by atoms with Crippen LogP contribution in [0.15, 0.2) is 52.4 Å². The first-order valence-corrected chi connectivity index (χ1v) is 13.6. The molecule has 6 nitrogen and oxygen atoms in total. The number of thiophene rings is 1. The molecule has 2 heterocycles. The quantitative estimate of drug-likeness (QED) is 0.225. The summed E-state index contributed by atoms with van der Waals surface area (Å²) >= 11 is 14.9. The summed E-state index contributed by atoms with van der Waals surface area (Å²) in [5, 5.41) is 4.80. The minimum absolute atomic E-state index is 0.0537. The average molecular weight is 547 g/mol. The highest BCUT2D eigenvalue weighted by molar-refractivity contribution is 7.99. The molecule has 1 aliphatic rings. The Morgan fingerprint density at radius 2 is 1.94 bits per heavy atom. The van der Waals surface area contributed by atoms with Crippen molar-refractivity contribution >= 4 is 68.1 Å². The van der Waals surface area contributed by atoms with E-state index in [1.807, 2.05) is 12.1 Å². The number of nitrogens with zero attached hydrogens (tertiary/aromatic N) is 2. The highest BCUT2D eigenvalue weighted by Gasteiger charge is 2.23. The van der Waals surface area contributed by atoms with Gasteiger partial charge >= 0.3 is 0 Å². The standard InChI is InChI=1S/C25H21Cl2N3O3S2/c1-33-16-9-7-15(8-10-16)30-24(32)22-17-4-2-3-5-20(17)35-23(22)29-25(30)34-13-21(31)28-19-11-6-14(26)12-18(19)27/h6-12H,2-5,13H2,1H3,(H,28,31). The van der Waals surface area contributed by atoms with Crippen molar-refractivity contribution in [2.75, 3.05) is 18.2 Å². The molecule has 4 aromatic rings. The summed E-state index contributed by atoms with van der Waals surface area (Å²) in [5.74, 6) is 0.482. The molecule has 0 radical (unpaired) electrons. The van der Waals surface area contributed by atoms with Gasteiger partial charge in [-0.05, 0) is 73.7 Å².